The van der Waals surface area contributed by atoms with Crippen molar-refractivity contribution >= 4 is 0 Å². The van der Waals surface area contributed by atoms with Crippen molar-refractivity contribution in [3.8, 4) is 11.1 Å². The molecule has 0 unspecified atom stereocenters. The van der Waals surface area contributed by atoms with Gasteiger partial charge in [-0.2, -0.15) is 0 Å². The zero-order chi connectivity index (χ0) is 6.43. The fourth-order valence-corrected chi connectivity index (χ4v) is 1.30. The maximum Gasteiger partial charge on any atom is -0.0149 e. The van der Waals surface area contributed by atoms with Crippen LogP contribution in [0.15, 0.2) is 18.2 Å². The van der Waals surface area contributed by atoms with Crippen LogP contribution in [0.25, 0.3) is 11.1 Å². The van der Waals surface area contributed by atoms with E-state index in [9.17, 15) is 0 Å². The first-order valence-corrected chi connectivity index (χ1v) is 3.43. The van der Waals surface area contributed by atoms with Crippen molar-refractivity contribution in [3.05, 3.63) is 23.8 Å². The third-order valence-corrected chi connectivity index (χ3v) is 1.98. The van der Waals surface area contributed by atoms with E-state index in [-0.39, 0.29) is 0 Å². The summed E-state index contributed by atoms with van der Waals surface area (Å²) < 4.78 is 0. The Morgan fingerprint density at radius 2 is 2.00 bits per heavy atom. The monoisotopic (exact) mass is 118 g/mol. The van der Waals surface area contributed by atoms with Gasteiger partial charge in [0.2, 0.25) is 0 Å². The summed E-state index contributed by atoms with van der Waals surface area (Å²) in [6.45, 7) is 4.48. The lowest BCUT2D eigenvalue weighted by molar-refractivity contribution is 0.859. The molecule has 0 aromatic carbocycles. The maximum absolute atomic E-state index is 2.28. The minimum Gasteiger partial charge on any atom is -0.0587 e. The molecule has 0 aliphatic heterocycles. The second kappa shape index (κ2) is 1.38. The third-order valence-electron chi connectivity index (χ3n) is 1.98. The van der Waals surface area contributed by atoms with E-state index in [4.69, 9.17) is 0 Å². The second-order valence-electron chi connectivity index (χ2n) is 2.96. The summed E-state index contributed by atoms with van der Waals surface area (Å²) in [6, 6.07) is 6.64. The molecule has 0 saturated heterocycles. The highest BCUT2D eigenvalue weighted by Gasteiger charge is 2.17. The SMILES string of the molecule is CC(C)c1cc2ccc1-2. The van der Waals surface area contributed by atoms with Gasteiger partial charge in [0.15, 0.2) is 0 Å². The predicted octanol–water partition coefficient (Wildman–Crippen LogP) is 2.79. The summed E-state index contributed by atoms with van der Waals surface area (Å²) in [7, 11) is 0. The van der Waals surface area contributed by atoms with Crippen LogP contribution in [-0.4, -0.2) is 0 Å². The average Bonchev–Trinajstić information content (AvgIpc) is 1.76. The van der Waals surface area contributed by atoms with Gasteiger partial charge in [-0.05, 0) is 22.6 Å². The summed E-state index contributed by atoms with van der Waals surface area (Å²) in [5, 5.41) is 0. The van der Waals surface area contributed by atoms with E-state index in [1.54, 1.807) is 0 Å². The molecule has 0 nitrogen and oxygen atoms in total. The fourth-order valence-electron chi connectivity index (χ4n) is 1.30. The fraction of sp³-hybridized carbons (Fsp3) is 0.333. The van der Waals surface area contributed by atoms with Gasteiger partial charge in [-0.15, -0.1) is 0 Å². The van der Waals surface area contributed by atoms with Crippen LogP contribution in [0, 0.1) is 0 Å². The predicted molar refractivity (Wildman–Crippen MR) is 39.5 cm³/mol. The topological polar surface area (TPSA) is 0 Å². The van der Waals surface area contributed by atoms with Crippen LogP contribution in [0.1, 0.15) is 25.3 Å². The van der Waals surface area contributed by atoms with Gasteiger partial charge in [-0.1, -0.05) is 32.0 Å². The molecular formula is C9H10. The molecule has 2 aliphatic carbocycles. The molecule has 0 N–H and O–H groups in total. The Bertz CT molecular complexity index is 246. The normalized spacial score (nSPS) is 12.3. The lowest BCUT2D eigenvalue weighted by Crippen LogP contribution is -2.01. The van der Waals surface area contributed by atoms with Crippen molar-refractivity contribution < 1.29 is 0 Å². The number of rotatable bonds is 1. The van der Waals surface area contributed by atoms with Gasteiger partial charge in [0.1, 0.15) is 0 Å². The van der Waals surface area contributed by atoms with Crippen LogP contribution in [0.2, 0.25) is 0 Å². The molecule has 0 saturated carbocycles. The van der Waals surface area contributed by atoms with Crippen molar-refractivity contribution in [2.24, 2.45) is 0 Å². The zero-order valence-corrected chi connectivity index (χ0v) is 5.81. The summed E-state index contributed by atoms with van der Waals surface area (Å²) in [6.07, 6.45) is 0. The first kappa shape index (κ1) is 5.04. The highest BCUT2D eigenvalue weighted by Crippen LogP contribution is 2.40. The smallest absolute Gasteiger partial charge is 0.0149 e. The Labute approximate surface area is 55.5 Å². The Morgan fingerprint density at radius 3 is 2.11 bits per heavy atom. The van der Waals surface area contributed by atoms with Gasteiger partial charge < -0.3 is 0 Å². The molecule has 0 aromatic heterocycles. The van der Waals surface area contributed by atoms with Crippen molar-refractivity contribution in [1.29, 1.82) is 0 Å². The number of hydrogen-bond acceptors (Lipinski definition) is 0. The molecule has 9 heavy (non-hydrogen) atoms. The minimum absolute atomic E-state index is 0.716. The van der Waals surface area contributed by atoms with Crippen molar-refractivity contribution in [2.45, 2.75) is 19.8 Å². The molecule has 0 atom stereocenters. The van der Waals surface area contributed by atoms with E-state index >= 15 is 0 Å². The summed E-state index contributed by atoms with van der Waals surface area (Å²) in [5.74, 6) is 0.716. The van der Waals surface area contributed by atoms with Crippen molar-refractivity contribution in [1.82, 2.24) is 0 Å². The number of hydrogen-bond donors (Lipinski definition) is 0. The van der Waals surface area contributed by atoms with E-state index in [1.165, 1.54) is 16.7 Å². The van der Waals surface area contributed by atoms with Gasteiger partial charge in [0.05, 0.1) is 0 Å². The first-order valence-electron chi connectivity index (χ1n) is 3.43. The van der Waals surface area contributed by atoms with Crippen LogP contribution in [0.4, 0.5) is 0 Å². The standard InChI is InChI=1S/C9H10/c1-6(2)9-5-7-3-4-8(7)9/h3-6H,1-2H3. The lowest BCUT2D eigenvalue weighted by atomic mass is 9.81. The van der Waals surface area contributed by atoms with E-state index < -0.39 is 0 Å². The molecule has 0 radical (unpaired) electrons. The van der Waals surface area contributed by atoms with Crippen LogP contribution in [-0.2, 0) is 0 Å². The highest BCUT2D eigenvalue weighted by atomic mass is 14.2. The zero-order valence-electron chi connectivity index (χ0n) is 5.81. The van der Waals surface area contributed by atoms with Crippen LogP contribution in [0.3, 0.4) is 0 Å². The number of fused-ring (bicyclic) bond motifs is 1. The molecule has 0 bridgehead atoms. The summed E-state index contributed by atoms with van der Waals surface area (Å²) in [4.78, 5) is 0. The minimum atomic E-state index is 0.716. The summed E-state index contributed by atoms with van der Waals surface area (Å²) in [5.41, 5.74) is 4.50. The van der Waals surface area contributed by atoms with E-state index in [0.29, 0.717) is 5.92 Å². The average molecular weight is 118 g/mol. The molecular weight excluding hydrogens is 108 g/mol. The molecule has 46 valence electrons. The highest BCUT2D eigenvalue weighted by molar-refractivity contribution is 5.81. The lowest BCUT2D eigenvalue weighted by Gasteiger charge is -2.23. The number of benzene rings is 1. The molecule has 0 heterocycles. The Kier molecular flexibility index (Phi) is 0.774. The Hall–Kier alpha value is -0.780. The van der Waals surface area contributed by atoms with Gasteiger partial charge in [-0.25, -0.2) is 0 Å². The van der Waals surface area contributed by atoms with Gasteiger partial charge in [0, 0.05) is 0 Å². The first-order chi connectivity index (χ1) is 4.29. The van der Waals surface area contributed by atoms with Crippen LogP contribution < -0.4 is 0 Å². The van der Waals surface area contributed by atoms with Gasteiger partial charge >= 0.3 is 0 Å². The maximum atomic E-state index is 2.28. The largest absolute Gasteiger partial charge is 0.0587 e. The van der Waals surface area contributed by atoms with Crippen molar-refractivity contribution in [3.63, 3.8) is 0 Å². The van der Waals surface area contributed by atoms with Crippen LogP contribution >= 0.6 is 0 Å². The summed E-state index contributed by atoms with van der Waals surface area (Å²) >= 11 is 0. The third kappa shape index (κ3) is 0.481. The van der Waals surface area contributed by atoms with Gasteiger partial charge in [0.25, 0.3) is 0 Å². The molecule has 2 aliphatic rings. The molecule has 0 heteroatoms. The Morgan fingerprint density at radius 1 is 1.22 bits per heavy atom. The van der Waals surface area contributed by atoms with E-state index in [0.717, 1.165) is 0 Å². The van der Waals surface area contributed by atoms with E-state index in [2.05, 4.69) is 32.0 Å². The van der Waals surface area contributed by atoms with Crippen LogP contribution in [0.5, 0.6) is 0 Å². The Balaban J connectivity index is 2.40. The quantitative estimate of drug-likeness (QED) is 0.540. The molecule has 0 spiro atoms. The molecule has 0 fully saturated rings. The second-order valence-corrected chi connectivity index (χ2v) is 2.96. The molecule has 0 amide bonds. The van der Waals surface area contributed by atoms with E-state index in [1.807, 2.05) is 0 Å². The molecule has 0 aromatic rings. The van der Waals surface area contributed by atoms with Gasteiger partial charge in [-0.3, -0.25) is 0 Å². The molecule has 2 rings (SSSR count). The van der Waals surface area contributed by atoms with Crippen molar-refractivity contribution in [2.75, 3.05) is 0 Å².